The normalized spacial score (nSPS) is 10.4. The molecule has 5 nitrogen and oxygen atoms in total. The molecule has 1 aromatic heterocycles. The Hall–Kier alpha value is -1.01. The SMILES string of the molecule is O=C(O)c1cc(CSCCCO)on1. The van der Waals surface area contributed by atoms with Crippen LogP contribution in [-0.4, -0.2) is 33.7 Å². The number of carboxylic acids is 1. The smallest absolute Gasteiger partial charge is 0.358 e. The van der Waals surface area contributed by atoms with Gasteiger partial charge >= 0.3 is 5.97 Å². The van der Waals surface area contributed by atoms with Gasteiger partial charge in [-0.3, -0.25) is 0 Å². The van der Waals surface area contributed by atoms with Crippen molar-refractivity contribution in [1.82, 2.24) is 5.16 Å². The van der Waals surface area contributed by atoms with Crippen LogP contribution in [0.15, 0.2) is 10.6 Å². The van der Waals surface area contributed by atoms with Crippen LogP contribution in [-0.2, 0) is 5.75 Å². The molecular weight excluding hydrogens is 206 g/mol. The Morgan fingerprint density at radius 3 is 3.00 bits per heavy atom. The van der Waals surface area contributed by atoms with Gasteiger partial charge in [-0.1, -0.05) is 5.16 Å². The van der Waals surface area contributed by atoms with Gasteiger partial charge in [-0.15, -0.1) is 0 Å². The number of hydrogen-bond donors (Lipinski definition) is 2. The zero-order chi connectivity index (χ0) is 10.4. The third kappa shape index (κ3) is 3.39. The molecule has 0 bridgehead atoms. The summed E-state index contributed by atoms with van der Waals surface area (Å²) in [4.78, 5) is 10.4. The largest absolute Gasteiger partial charge is 0.476 e. The summed E-state index contributed by atoms with van der Waals surface area (Å²) in [6.07, 6.45) is 0.727. The van der Waals surface area contributed by atoms with Crippen molar-refractivity contribution in [3.8, 4) is 0 Å². The van der Waals surface area contributed by atoms with E-state index < -0.39 is 5.97 Å². The van der Waals surface area contributed by atoms with Gasteiger partial charge in [0.05, 0.1) is 5.75 Å². The number of thioether (sulfide) groups is 1. The molecule has 0 aliphatic heterocycles. The number of aliphatic hydroxyl groups is 1. The first-order valence-electron chi connectivity index (χ1n) is 4.11. The van der Waals surface area contributed by atoms with Gasteiger partial charge in [0.1, 0.15) is 5.76 Å². The van der Waals surface area contributed by atoms with Crippen LogP contribution in [0.5, 0.6) is 0 Å². The second-order valence-corrected chi connectivity index (χ2v) is 3.72. The Bertz CT molecular complexity index is 299. The lowest BCUT2D eigenvalue weighted by Crippen LogP contribution is -1.94. The van der Waals surface area contributed by atoms with Crippen molar-refractivity contribution in [2.45, 2.75) is 12.2 Å². The highest BCUT2D eigenvalue weighted by Gasteiger charge is 2.09. The Labute approximate surface area is 85.1 Å². The number of aromatic carboxylic acids is 1. The average molecular weight is 217 g/mol. The third-order valence-electron chi connectivity index (χ3n) is 1.47. The molecule has 1 heterocycles. The molecule has 1 aromatic rings. The minimum Gasteiger partial charge on any atom is -0.476 e. The molecule has 0 aromatic carbocycles. The first kappa shape index (κ1) is 11.1. The number of aromatic nitrogens is 1. The van der Waals surface area contributed by atoms with Crippen molar-refractivity contribution in [3.63, 3.8) is 0 Å². The summed E-state index contributed by atoms with van der Waals surface area (Å²) >= 11 is 1.57. The standard InChI is InChI=1S/C8H11NO4S/c10-2-1-3-14-5-6-4-7(8(11)12)9-13-6/h4,10H,1-3,5H2,(H,11,12). The van der Waals surface area contributed by atoms with E-state index in [1.54, 1.807) is 11.8 Å². The fourth-order valence-electron chi connectivity index (χ4n) is 0.821. The molecule has 78 valence electrons. The maximum atomic E-state index is 10.4. The van der Waals surface area contributed by atoms with Crippen LogP contribution in [0.1, 0.15) is 22.7 Å². The average Bonchev–Trinajstić information content (AvgIpc) is 2.61. The molecule has 14 heavy (non-hydrogen) atoms. The van der Waals surface area contributed by atoms with Crippen molar-refractivity contribution >= 4 is 17.7 Å². The minimum absolute atomic E-state index is 0.0669. The predicted molar refractivity (Wildman–Crippen MR) is 51.3 cm³/mol. The van der Waals surface area contributed by atoms with E-state index in [2.05, 4.69) is 5.16 Å². The molecule has 0 aliphatic carbocycles. The Balaban J connectivity index is 2.33. The molecule has 0 saturated heterocycles. The van der Waals surface area contributed by atoms with Crippen molar-refractivity contribution in [3.05, 3.63) is 17.5 Å². The monoisotopic (exact) mass is 217 g/mol. The number of rotatable bonds is 6. The predicted octanol–water partition coefficient (Wildman–Crippen LogP) is 0.988. The van der Waals surface area contributed by atoms with Gasteiger partial charge in [0.15, 0.2) is 5.69 Å². The highest BCUT2D eigenvalue weighted by atomic mass is 32.2. The summed E-state index contributed by atoms with van der Waals surface area (Å²) in [5.41, 5.74) is -0.0669. The second-order valence-electron chi connectivity index (χ2n) is 2.61. The van der Waals surface area contributed by atoms with Gasteiger partial charge in [-0.2, -0.15) is 11.8 Å². The van der Waals surface area contributed by atoms with Crippen LogP contribution < -0.4 is 0 Å². The topological polar surface area (TPSA) is 83.6 Å². The summed E-state index contributed by atoms with van der Waals surface area (Å²) in [5, 5.41) is 20.4. The lowest BCUT2D eigenvalue weighted by atomic mass is 10.4. The van der Waals surface area contributed by atoms with Gasteiger partial charge in [0.2, 0.25) is 0 Å². The molecule has 0 aliphatic rings. The second kappa shape index (κ2) is 5.66. The van der Waals surface area contributed by atoms with E-state index in [4.69, 9.17) is 14.7 Å². The molecule has 0 radical (unpaired) electrons. The molecule has 6 heteroatoms. The molecule has 0 fully saturated rings. The molecule has 1 rings (SSSR count). The van der Waals surface area contributed by atoms with E-state index in [0.29, 0.717) is 11.5 Å². The molecule has 2 N–H and O–H groups in total. The van der Waals surface area contributed by atoms with Crippen LogP contribution in [0.3, 0.4) is 0 Å². The fourth-order valence-corrected chi connectivity index (χ4v) is 1.64. The van der Waals surface area contributed by atoms with Gasteiger partial charge in [-0.25, -0.2) is 4.79 Å². The molecule has 0 atom stereocenters. The van der Waals surface area contributed by atoms with E-state index in [-0.39, 0.29) is 12.3 Å². The van der Waals surface area contributed by atoms with Crippen LogP contribution >= 0.6 is 11.8 Å². The zero-order valence-electron chi connectivity index (χ0n) is 7.47. The maximum absolute atomic E-state index is 10.4. The summed E-state index contributed by atoms with van der Waals surface area (Å²) in [7, 11) is 0. The Morgan fingerprint density at radius 1 is 1.64 bits per heavy atom. The number of aliphatic hydroxyl groups excluding tert-OH is 1. The van der Waals surface area contributed by atoms with Crippen LogP contribution in [0.2, 0.25) is 0 Å². The van der Waals surface area contributed by atoms with E-state index in [9.17, 15) is 4.79 Å². The molecule has 0 amide bonds. The van der Waals surface area contributed by atoms with E-state index in [1.807, 2.05) is 0 Å². The third-order valence-corrected chi connectivity index (χ3v) is 2.54. The summed E-state index contributed by atoms with van der Waals surface area (Å²) < 4.78 is 4.79. The number of hydrogen-bond acceptors (Lipinski definition) is 5. The molecule has 0 spiro atoms. The zero-order valence-corrected chi connectivity index (χ0v) is 8.29. The number of carboxylic acid groups (broad SMARTS) is 1. The molecular formula is C8H11NO4S. The Morgan fingerprint density at radius 2 is 2.43 bits per heavy atom. The molecule has 0 unspecified atom stereocenters. The maximum Gasteiger partial charge on any atom is 0.358 e. The van der Waals surface area contributed by atoms with Gasteiger partial charge in [0, 0.05) is 12.7 Å². The summed E-state index contributed by atoms with van der Waals surface area (Å²) in [6, 6.07) is 1.41. The number of carbonyl (C=O) groups is 1. The van der Waals surface area contributed by atoms with Crippen molar-refractivity contribution < 1.29 is 19.5 Å². The summed E-state index contributed by atoms with van der Waals surface area (Å²) in [6.45, 7) is 0.170. The highest BCUT2D eigenvalue weighted by Crippen LogP contribution is 2.13. The van der Waals surface area contributed by atoms with Crippen molar-refractivity contribution in [2.75, 3.05) is 12.4 Å². The van der Waals surface area contributed by atoms with Gasteiger partial charge in [-0.05, 0) is 12.2 Å². The van der Waals surface area contributed by atoms with E-state index in [0.717, 1.165) is 12.2 Å². The highest BCUT2D eigenvalue weighted by molar-refractivity contribution is 7.98. The fraction of sp³-hybridized carbons (Fsp3) is 0.500. The lowest BCUT2D eigenvalue weighted by Gasteiger charge is -1.94. The number of nitrogens with zero attached hydrogens (tertiary/aromatic N) is 1. The van der Waals surface area contributed by atoms with Crippen LogP contribution in [0.25, 0.3) is 0 Å². The lowest BCUT2D eigenvalue weighted by molar-refractivity contribution is 0.0685. The summed E-state index contributed by atoms with van der Waals surface area (Å²) in [5.74, 6) is 0.866. The van der Waals surface area contributed by atoms with Crippen molar-refractivity contribution in [2.24, 2.45) is 0 Å². The quantitative estimate of drug-likeness (QED) is 0.691. The molecule has 0 saturated carbocycles. The van der Waals surface area contributed by atoms with Crippen LogP contribution in [0, 0.1) is 0 Å². The van der Waals surface area contributed by atoms with Crippen LogP contribution in [0.4, 0.5) is 0 Å². The van der Waals surface area contributed by atoms with Crippen molar-refractivity contribution in [1.29, 1.82) is 0 Å². The minimum atomic E-state index is -1.08. The van der Waals surface area contributed by atoms with Gasteiger partial charge in [0.25, 0.3) is 0 Å². The Kier molecular flexibility index (Phi) is 4.48. The van der Waals surface area contributed by atoms with Gasteiger partial charge < -0.3 is 14.7 Å². The first-order valence-corrected chi connectivity index (χ1v) is 5.27. The first-order chi connectivity index (χ1) is 6.74. The van der Waals surface area contributed by atoms with E-state index in [1.165, 1.54) is 6.07 Å². The van der Waals surface area contributed by atoms with E-state index >= 15 is 0 Å².